The molecule has 4 heterocycles. The molecule has 1 fully saturated rings. The number of rotatable bonds is 5. The zero-order valence-corrected chi connectivity index (χ0v) is 20.1. The molecular formula is C24H24N8O3S. The van der Waals surface area contributed by atoms with E-state index < -0.39 is 6.17 Å². The molecule has 2 aliphatic heterocycles. The van der Waals surface area contributed by atoms with Gasteiger partial charge in [-0.15, -0.1) is 5.10 Å². The number of anilines is 3. The maximum atomic E-state index is 5.95. The number of fused-ring (bicyclic) bond motifs is 1. The molecule has 11 nitrogen and oxygen atoms in total. The van der Waals surface area contributed by atoms with Gasteiger partial charge in [-0.25, -0.2) is 0 Å². The number of aliphatic imine (C=N–C) groups is 1. The fraction of sp³-hybridized carbons (Fsp3) is 0.292. The van der Waals surface area contributed by atoms with E-state index in [2.05, 4.69) is 34.5 Å². The summed E-state index contributed by atoms with van der Waals surface area (Å²) >= 11 is 1.12. The lowest BCUT2D eigenvalue weighted by Gasteiger charge is -2.26. The first-order valence-corrected chi connectivity index (χ1v) is 12.4. The molecule has 1 saturated heterocycles. The summed E-state index contributed by atoms with van der Waals surface area (Å²) in [6.07, 6.45) is -0.464. The standard InChI is InChI=1S/C24H24N8O3S/c1-2-6-16(7-3-1)20-17-8-4-5-9-18(17)25-15-34-14-19(26-20)27-24-29-28-23(35-24)21-22(31-36-30-21)32-10-12-33-13-11-32/h1-9,19,25H,10-15H2,(H,27,29)/b26-20-/t19-/m1/s1. The molecule has 2 aromatic carbocycles. The van der Waals surface area contributed by atoms with Gasteiger partial charge in [0.25, 0.3) is 5.89 Å². The van der Waals surface area contributed by atoms with Crippen LogP contribution in [0.15, 0.2) is 64.0 Å². The summed E-state index contributed by atoms with van der Waals surface area (Å²) in [7, 11) is 0. The minimum atomic E-state index is -0.464. The first-order valence-electron chi connectivity index (χ1n) is 11.6. The Kier molecular flexibility index (Phi) is 6.52. The summed E-state index contributed by atoms with van der Waals surface area (Å²) in [5, 5.41) is 15.0. The van der Waals surface area contributed by atoms with E-state index >= 15 is 0 Å². The van der Waals surface area contributed by atoms with E-state index in [1.807, 2.05) is 54.6 Å². The summed E-state index contributed by atoms with van der Waals surface area (Å²) in [4.78, 5) is 7.15. The molecule has 0 saturated carbocycles. The fourth-order valence-electron chi connectivity index (χ4n) is 4.13. The van der Waals surface area contributed by atoms with Gasteiger partial charge in [0.15, 0.2) is 11.5 Å². The van der Waals surface area contributed by atoms with Gasteiger partial charge in [0, 0.05) is 29.9 Å². The normalized spacial score (nSPS) is 19.7. The van der Waals surface area contributed by atoms with Crippen LogP contribution in [-0.2, 0) is 9.47 Å². The molecule has 6 rings (SSSR count). The van der Waals surface area contributed by atoms with Gasteiger partial charge < -0.3 is 29.4 Å². The Morgan fingerprint density at radius 2 is 1.78 bits per heavy atom. The summed E-state index contributed by atoms with van der Waals surface area (Å²) in [5.74, 6) is 1.03. The topological polar surface area (TPSA) is 123 Å². The molecule has 2 aromatic heterocycles. The number of ether oxygens (including phenoxy) is 2. The van der Waals surface area contributed by atoms with Gasteiger partial charge in [-0.3, -0.25) is 4.99 Å². The lowest BCUT2D eigenvalue weighted by molar-refractivity contribution is 0.122. The third kappa shape index (κ3) is 4.78. The third-order valence-electron chi connectivity index (χ3n) is 5.85. The molecule has 0 aliphatic carbocycles. The van der Waals surface area contributed by atoms with Gasteiger partial charge in [0.05, 0.1) is 37.3 Å². The first-order chi connectivity index (χ1) is 17.8. The van der Waals surface area contributed by atoms with E-state index in [0.29, 0.717) is 38.1 Å². The van der Waals surface area contributed by atoms with Crippen LogP contribution < -0.4 is 15.5 Å². The number of morpholine rings is 1. The Labute approximate surface area is 211 Å². The Morgan fingerprint density at radius 1 is 0.944 bits per heavy atom. The second-order valence-corrected chi connectivity index (χ2v) is 8.72. The molecule has 4 aromatic rings. The SMILES string of the molecule is c1ccc(/C2=N/[C@H](Nc3nnc(-c4nsnc4N4CCOCC4)o3)COCNc3ccccc32)cc1. The third-order valence-corrected chi connectivity index (χ3v) is 6.37. The van der Waals surface area contributed by atoms with Gasteiger partial charge in [-0.05, 0) is 6.07 Å². The number of hydrogen-bond acceptors (Lipinski definition) is 12. The molecule has 0 radical (unpaired) electrons. The largest absolute Gasteiger partial charge is 0.401 e. The average molecular weight is 505 g/mol. The molecule has 12 heteroatoms. The number of nitrogens with zero attached hydrogens (tertiary/aromatic N) is 6. The van der Waals surface area contributed by atoms with E-state index in [-0.39, 0.29) is 6.01 Å². The van der Waals surface area contributed by atoms with Crippen molar-refractivity contribution in [2.45, 2.75) is 6.17 Å². The van der Waals surface area contributed by atoms with Gasteiger partial charge in [-0.1, -0.05) is 53.6 Å². The van der Waals surface area contributed by atoms with E-state index in [9.17, 15) is 0 Å². The molecule has 0 bridgehead atoms. The predicted octanol–water partition coefficient (Wildman–Crippen LogP) is 3.10. The van der Waals surface area contributed by atoms with Crippen molar-refractivity contribution in [1.29, 1.82) is 0 Å². The Balaban J connectivity index is 1.29. The molecule has 0 unspecified atom stereocenters. The van der Waals surface area contributed by atoms with Crippen molar-refractivity contribution < 1.29 is 13.9 Å². The van der Waals surface area contributed by atoms with Crippen LogP contribution in [0, 0.1) is 0 Å². The first kappa shape index (κ1) is 22.6. The van der Waals surface area contributed by atoms with E-state index in [0.717, 1.165) is 53.2 Å². The van der Waals surface area contributed by atoms with Crippen LogP contribution in [0.5, 0.6) is 0 Å². The molecule has 2 aliphatic rings. The van der Waals surface area contributed by atoms with Crippen LogP contribution in [0.2, 0.25) is 0 Å². The van der Waals surface area contributed by atoms with E-state index in [4.69, 9.17) is 18.9 Å². The zero-order chi connectivity index (χ0) is 24.2. The number of hydrogen-bond donors (Lipinski definition) is 2. The Bertz CT molecular complexity index is 1340. The average Bonchev–Trinajstić information content (AvgIpc) is 3.61. The molecule has 0 spiro atoms. The summed E-state index contributed by atoms with van der Waals surface area (Å²) in [5.41, 5.74) is 4.33. The summed E-state index contributed by atoms with van der Waals surface area (Å²) in [6, 6.07) is 18.3. The lowest BCUT2D eigenvalue weighted by Crippen LogP contribution is -2.36. The van der Waals surface area contributed by atoms with Gasteiger partial charge in [-0.2, -0.15) is 8.75 Å². The van der Waals surface area contributed by atoms with Crippen LogP contribution in [0.25, 0.3) is 11.6 Å². The monoisotopic (exact) mass is 504 g/mol. The van der Waals surface area contributed by atoms with Crippen molar-refractivity contribution >= 4 is 35.0 Å². The minimum absolute atomic E-state index is 0.233. The Hall–Kier alpha value is -3.87. The number of benzene rings is 2. The molecular weight excluding hydrogens is 480 g/mol. The van der Waals surface area contributed by atoms with Crippen molar-refractivity contribution in [2.75, 3.05) is 55.2 Å². The second-order valence-electron chi connectivity index (χ2n) is 8.19. The highest BCUT2D eigenvalue weighted by molar-refractivity contribution is 6.99. The molecule has 2 N–H and O–H groups in total. The maximum absolute atomic E-state index is 5.95. The lowest BCUT2D eigenvalue weighted by atomic mass is 10.0. The second kappa shape index (κ2) is 10.4. The van der Waals surface area contributed by atoms with Crippen molar-refractivity contribution in [2.24, 2.45) is 4.99 Å². The van der Waals surface area contributed by atoms with Crippen LogP contribution in [0.1, 0.15) is 11.1 Å². The number of aromatic nitrogens is 4. The van der Waals surface area contributed by atoms with Crippen molar-refractivity contribution in [1.82, 2.24) is 18.9 Å². The van der Waals surface area contributed by atoms with Crippen molar-refractivity contribution in [3.8, 4) is 11.6 Å². The smallest absolute Gasteiger partial charge is 0.317 e. The quantitative estimate of drug-likeness (QED) is 0.419. The highest BCUT2D eigenvalue weighted by atomic mass is 32.1. The van der Waals surface area contributed by atoms with Gasteiger partial charge in [0.1, 0.15) is 12.9 Å². The molecule has 1 atom stereocenters. The molecule has 184 valence electrons. The highest BCUT2D eigenvalue weighted by Gasteiger charge is 2.25. The van der Waals surface area contributed by atoms with E-state index in [1.54, 1.807) is 0 Å². The van der Waals surface area contributed by atoms with E-state index in [1.165, 1.54) is 0 Å². The number of nitrogens with one attached hydrogen (secondary N) is 2. The molecule has 36 heavy (non-hydrogen) atoms. The number of para-hydroxylation sites is 1. The van der Waals surface area contributed by atoms with Crippen molar-refractivity contribution in [3.05, 3.63) is 65.7 Å². The van der Waals surface area contributed by atoms with Crippen LogP contribution in [0.4, 0.5) is 17.5 Å². The van der Waals surface area contributed by atoms with Gasteiger partial charge >= 0.3 is 6.01 Å². The Morgan fingerprint density at radius 3 is 2.67 bits per heavy atom. The van der Waals surface area contributed by atoms with Crippen LogP contribution in [0.3, 0.4) is 0 Å². The van der Waals surface area contributed by atoms with Crippen LogP contribution in [-0.4, -0.2) is 70.5 Å². The zero-order valence-electron chi connectivity index (χ0n) is 19.3. The van der Waals surface area contributed by atoms with Crippen LogP contribution >= 0.6 is 11.7 Å². The van der Waals surface area contributed by atoms with Crippen molar-refractivity contribution in [3.63, 3.8) is 0 Å². The molecule has 0 amide bonds. The predicted molar refractivity (Wildman–Crippen MR) is 137 cm³/mol. The maximum Gasteiger partial charge on any atom is 0.317 e. The minimum Gasteiger partial charge on any atom is -0.401 e. The summed E-state index contributed by atoms with van der Waals surface area (Å²) in [6.45, 7) is 3.42. The summed E-state index contributed by atoms with van der Waals surface area (Å²) < 4.78 is 26.1. The van der Waals surface area contributed by atoms with Gasteiger partial charge in [0.2, 0.25) is 0 Å². The fourth-order valence-corrected chi connectivity index (χ4v) is 4.69. The highest BCUT2D eigenvalue weighted by Crippen LogP contribution is 2.30.